The molecule has 8 heteroatoms. The highest BCUT2D eigenvalue weighted by molar-refractivity contribution is 7.89. The second-order valence-corrected chi connectivity index (χ2v) is 13.7. The van der Waals surface area contributed by atoms with Gasteiger partial charge in [-0.2, -0.15) is 4.31 Å². The molecule has 1 atom stereocenters. The van der Waals surface area contributed by atoms with Gasteiger partial charge in [-0.25, -0.2) is 8.42 Å². The fraction of sp³-hybridized carbons (Fsp3) is 0.643. The SMILES string of the molecule is C=CC(=O)NC1CCCCN(S(=O)(=O)c2ccc(NC(=O)CCC34CC5CC(CC(C5)C3)C4)cc2)C1. The van der Waals surface area contributed by atoms with Crippen molar-refractivity contribution < 1.29 is 18.0 Å². The molecule has 4 aliphatic carbocycles. The van der Waals surface area contributed by atoms with Gasteiger partial charge in [0, 0.05) is 31.2 Å². The van der Waals surface area contributed by atoms with Crippen LogP contribution in [0.5, 0.6) is 0 Å². The Morgan fingerprint density at radius 1 is 1.03 bits per heavy atom. The van der Waals surface area contributed by atoms with Gasteiger partial charge in [-0.3, -0.25) is 9.59 Å². The third-order valence-corrected chi connectivity index (χ3v) is 10.9. The van der Waals surface area contributed by atoms with Gasteiger partial charge in [0.1, 0.15) is 0 Å². The summed E-state index contributed by atoms with van der Waals surface area (Å²) in [6.45, 7) is 4.14. The van der Waals surface area contributed by atoms with Gasteiger partial charge in [0.05, 0.1) is 4.90 Å². The van der Waals surface area contributed by atoms with Crippen LogP contribution in [-0.4, -0.2) is 43.7 Å². The molecule has 1 heterocycles. The minimum atomic E-state index is -3.70. The van der Waals surface area contributed by atoms with Crippen LogP contribution >= 0.6 is 0 Å². The third kappa shape index (κ3) is 5.54. The number of carbonyl (C=O) groups is 2. The maximum absolute atomic E-state index is 13.3. The van der Waals surface area contributed by atoms with Gasteiger partial charge in [0.15, 0.2) is 0 Å². The molecule has 2 N–H and O–H groups in total. The van der Waals surface area contributed by atoms with E-state index in [2.05, 4.69) is 17.2 Å². The van der Waals surface area contributed by atoms with Crippen molar-refractivity contribution in [2.75, 3.05) is 18.4 Å². The van der Waals surface area contributed by atoms with Gasteiger partial charge >= 0.3 is 0 Å². The number of nitrogens with zero attached hydrogens (tertiary/aromatic N) is 1. The van der Waals surface area contributed by atoms with Crippen molar-refractivity contribution in [3.8, 4) is 0 Å². The molecule has 7 nitrogen and oxygen atoms in total. The lowest BCUT2D eigenvalue weighted by Gasteiger charge is -2.57. The van der Waals surface area contributed by atoms with E-state index in [0.29, 0.717) is 24.1 Å². The van der Waals surface area contributed by atoms with Crippen LogP contribution < -0.4 is 10.6 Å². The van der Waals surface area contributed by atoms with Crippen LogP contribution in [0.1, 0.15) is 70.6 Å². The predicted molar refractivity (Wildman–Crippen MR) is 140 cm³/mol. The second-order valence-electron chi connectivity index (χ2n) is 11.8. The fourth-order valence-corrected chi connectivity index (χ4v) is 9.29. The normalized spacial score (nSPS) is 32.0. The highest BCUT2D eigenvalue weighted by Gasteiger charge is 2.50. The number of anilines is 1. The summed E-state index contributed by atoms with van der Waals surface area (Å²) in [5, 5.41) is 5.81. The van der Waals surface area contributed by atoms with Gasteiger partial charge in [-0.1, -0.05) is 13.0 Å². The number of benzene rings is 1. The number of carbonyl (C=O) groups excluding carboxylic acids is 2. The van der Waals surface area contributed by atoms with Gasteiger partial charge in [-0.05, 0) is 111 Å². The molecular formula is C28H39N3O4S. The molecule has 196 valence electrons. The van der Waals surface area contributed by atoms with Crippen LogP contribution in [0.4, 0.5) is 5.69 Å². The van der Waals surface area contributed by atoms with E-state index in [4.69, 9.17) is 0 Å². The van der Waals surface area contributed by atoms with E-state index >= 15 is 0 Å². The molecule has 6 rings (SSSR count). The first-order chi connectivity index (χ1) is 17.2. The quantitative estimate of drug-likeness (QED) is 0.502. The van der Waals surface area contributed by atoms with Gasteiger partial charge < -0.3 is 10.6 Å². The number of amides is 2. The van der Waals surface area contributed by atoms with Crippen molar-refractivity contribution in [1.82, 2.24) is 9.62 Å². The van der Waals surface area contributed by atoms with Crippen molar-refractivity contribution in [1.29, 1.82) is 0 Å². The highest BCUT2D eigenvalue weighted by atomic mass is 32.2. The van der Waals surface area contributed by atoms with Crippen LogP contribution in [0.3, 0.4) is 0 Å². The van der Waals surface area contributed by atoms with Crippen molar-refractivity contribution in [2.24, 2.45) is 23.2 Å². The predicted octanol–water partition coefficient (Wildman–Crippen LogP) is 4.47. The zero-order valence-electron chi connectivity index (χ0n) is 21.1. The summed E-state index contributed by atoms with van der Waals surface area (Å²) < 4.78 is 28.0. The molecular weight excluding hydrogens is 474 g/mol. The van der Waals surface area contributed by atoms with E-state index in [1.165, 1.54) is 48.9 Å². The Hall–Kier alpha value is -2.19. The molecule has 2 amide bonds. The molecule has 5 fully saturated rings. The highest BCUT2D eigenvalue weighted by Crippen LogP contribution is 2.61. The summed E-state index contributed by atoms with van der Waals surface area (Å²) in [6.07, 6.45) is 13.1. The second kappa shape index (κ2) is 10.3. The van der Waals surface area contributed by atoms with E-state index in [0.717, 1.165) is 43.4 Å². The van der Waals surface area contributed by atoms with Crippen LogP contribution in [0.15, 0.2) is 41.8 Å². The maximum Gasteiger partial charge on any atom is 0.243 e. The minimum Gasteiger partial charge on any atom is -0.349 e. The van der Waals surface area contributed by atoms with E-state index in [1.807, 2.05) is 0 Å². The van der Waals surface area contributed by atoms with Crippen molar-refractivity contribution in [3.63, 3.8) is 0 Å². The van der Waals surface area contributed by atoms with Crippen molar-refractivity contribution >= 4 is 27.5 Å². The summed E-state index contributed by atoms with van der Waals surface area (Å²) in [5.41, 5.74) is 0.997. The average molecular weight is 514 g/mol. The van der Waals surface area contributed by atoms with Gasteiger partial charge in [0.2, 0.25) is 21.8 Å². The number of rotatable bonds is 8. The molecule has 5 aliphatic rings. The number of nitrogens with one attached hydrogen (secondary N) is 2. The molecule has 1 aliphatic heterocycles. The standard InChI is InChI=1S/C28H39N3O4S/c1-2-26(32)30-24-5-3-4-12-31(19-24)36(34,35)25-8-6-23(7-9-25)29-27(33)10-11-28-16-20-13-21(17-28)15-22(14-20)18-28/h2,6-9,20-22,24H,1,3-5,10-19H2,(H,29,33)(H,30,32). The zero-order chi connectivity index (χ0) is 25.3. The smallest absolute Gasteiger partial charge is 0.243 e. The Balaban J connectivity index is 1.17. The van der Waals surface area contributed by atoms with E-state index in [9.17, 15) is 18.0 Å². The minimum absolute atomic E-state index is 0.00896. The Kier molecular flexibility index (Phi) is 7.27. The van der Waals surface area contributed by atoms with Crippen LogP contribution in [0.2, 0.25) is 0 Å². The Bertz CT molecular complexity index is 1060. The lowest BCUT2D eigenvalue weighted by Crippen LogP contribution is -2.46. The topological polar surface area (TPSA) is 95.6 Å². The summed E-state index contributed by atoms with van der Waals surface area (Å²) in [7, 11) is -3.70. The summed E-state index contributed by atoms with van der Waals surface area (Å²) >= 11 is 0. The molecule has 0 radical (unpaired) electrons. The van der Waals surface area contributed by atoms with Crippen molar-refractivity contribution in [3.05, 3.63) is 36.9 Å². The zero-order valence-corrected chi connectivity index (χ0v) is 21.9. The monoisotopic (exact) mass is 513 g/mol. The Morgan fingerprint density at radius 2 is 1.67 bits per heavy atom. The fourth-order valence-electron chi connectivity index (χ4n) is 7.76. The van der Waals surface area contributed by atoms with Crippen LogP contribution in [0, 0.1) is 23.2 Å². The molecule has 0 spiro atoms. The molecule has 1 aromatic rings. The first-order valence-corrected chi connectivity index (χ1v) is 15.0. The van der Waals surface area contributed by atoms with Crippen molar-refractivity contribution in [2.45, 2.75) is 81.6 Å². The number of sulfonamides is 1. The van der Waals surface area contributed by atoms with Crippen LogP contribution in [-0.2, 0) is 19.6 Å². The third-order valence-electron chi connectivity index (χ3n) is 8.99. The molecule has 0 aromatic heterocycles. The van der Waals surface area contributed by atoms with Crippen LogP contribution in [0.25, 0.3) is 0 Å². The van der Waals surface area contributed by atoms with E-state index < -0.39 is 10.0 Å². The average Bonchev–Trinajstić information content (AvgIpc) is 3.08. The van der Waals surface area contributed by atoms with E-state index in [1.54, 1.807) is 24.3 Å². The lowest BCUT2D eigenvalue weighted by molar-refractivity contribution is -0.119. The molecule has 4 saturated carbocycles. The molecule has 1 saturated heterocycles. The first-order valence-electron chi connectivity index (χ1n) is 13.6. The van der Waals surface area contributed by atoms with E-state index in [-0.39, 0.29) is 29.3 Å². The molecule has 4 bridgehead atoms. The number of hydrogen-bond donors (Lipinski definition) is 2. The largest absolute Gasteiger partial charge is 0.349 e. The Labute approximate surface area is 215 Å². The summed E-state index contributed by atoms with van der Waals surface area (Å²) in [6, 6.07) is 6.23. The summed E-state index contributed by atoms with van der Waals surface area (Å²) in [4.78, 5) is 24.7. The molecule has 1 aromatic carbocycles. The first kappa shape index (κ1) is 25.5. The van der Waals surface area contributed by atoms with Gasteiger partial charge in [-0.15, -0.1) is 0 Å². The number of hydrogen-bond acceptors (Lipinski definition) is 4. The molecule has 1 unspecified atom stereocenters. The maximum atomic E-state index is 13.3. The summed E-state index contributed by atoms with van der Waals surface area (Å²) in [5.74, 6) is 2.36. The Morgan fingerprint density at radius 3 is 2.28 bits per heavy atom. The molecule has 36 heavy (non-hydrogen) atoms. The lowest BCUT2D eigenvalue weighted by atomic mass is 9.48. The van der Waals surface area contributed by atoms with Gasteiger partial charge in [0.25, 0.3) is 0 Å².